The Balaban J connectivity index is 1.60. The Morgan fingerprint density at radius 2 is 2.08 bits per heavy atom. The second kappa shape index (κ2) is 5.67. The van der Waals surface area contributed by atoms with Crippen molar-refractivity contribution < 1.29 is 14.3 Å². The van der Waals surface area contributed by atoms with Crippen molar-refractivity contribution in [3.05, 3.63) is 58.6 Å². The number of fused-ring (bicyclic) bond motifs is 2. The van der Waals surface area contributed by atoms with Crippen molar-refractivity contribution in [1.82, 2.24) is 4.98 Å². The molecule has 0 unspecified atom stereocenters. The first-order chi connectivity index (χ1) is 11.9. The van der Waals surface area contributed by atoms with E-state index in [0.29, 0.717) is 17.7 Å². The minimum absolute atomic E-state index is 0.337. The molecule has 6 heteroatoms. The van der Waals surface area contributed by atoms with E-state index in [2.05, 4.69) is 10.3 Å². The van der Waals surface area contributed by atoms with Crippen LogP contribution in [0.3, 0.4) is 0 Å². The van der Waals surface area contributed by atoms with Gasteiger partial charge >= 0.3 is 5.97 Å². The SMILES string of the molecule is Cc1nc2ccc(NC(=O)[C@@]3(C)Cc4ccccc4C(=O)O3)cc2s1. The second-order valence-corrected chi connectivity index (χ2v) is 7.56. The minimum Gasteiger partial charge on any atom is -0.445 e. The summed E-state index contributed by atoms with van der Waals surface area (Å²) >= 11 is 1.57. The molecule has 126 valence electrons. The highest BCUT2D eigenvalue weighted by atomic mass is 32.1. The number of esters is 1. The van der Waals surface area contributed by atoms with Gasteiger partial charge in [0.25, 0.3) is 5.91 Å². The van der Waals surface area contributed by atoms with E-state index in [-0.39, 0.29) is 5.91 Å². The number of carbonyl (C=O) groups is 2. The first-order valence-electron chi connectivity index (χ1n) is 7.94. The third-order valence-electron chi connectivity index (χ3n) is 4.32. The van der Waals surface area contributed by atoms with E-state index in [4.69, 9.17) is 4.74 Å². The van der Waals surface area contributed by atoms with Gasteiger partial charge in [0.05, 0.1) is 20.8 Å². The number of carbonyl (C=O) groups excluding carboxylic acids is 2. The van der Waals surface area contributed by atoms with Crippen LogP contribution in [-0.2, 0) is 16.0 Å². The van der Waals surface area contributed by atoms with Crippen LogP contribution in [0.5, 0.6) is 0 Å². The number of anilines is 1. The summed E-state index contributed by atoms with van der Waals surface area (Å²) < 4.78 is 6.47. The molecule has 0 aliphatic carbocycles. The summed E-state index contributed by atoms with van der Waals surface area (Å²) in [6.45, 7) is 3.59. The van der Waals surface area contributed by atoms with Crippen molar-refractivity contribution in [3.63, 3.8) is 0 Å². The lowest BCUT2D eigenvalue weighted by molar-refractivity contribution is -0.134. The molecular formula is C19H16N2O3S. The molecular weight excluding hydrogens is 336 g/mol. The smallest absolute Gasteiger partial charge is 0.339 e. The molecule has 2 heterocycles. The average Bonchev–Trinajstić information content (AvgIpc) is 2.94. The summed E-state index contributed by atoms with van der Waals surface area (Å²) in [5, 5.41) is 3.84. The minimum atomic E-state index is -1.23. The van der Waals surface area contributed by atoms with E-state index < -0.39 is 11.6 Å². The van der Waals surface area contributed by atoms with Crippen molar-refractivity contribution in [2.45, 2.75) is 25.9 Å². The standard InChI is InChI=1S/C19H16N2O3S/c1-11-20-15-8-7-13(9-16(15)25-11)21-18(23)19(2)10-12-5-3-4-6-14(12)17(22)24-19/h3-9H,10H2,1-2H3,(H,21,23)/t19-/m1/s1. The molecule has 0 bridgehead atoms. The van der Waals surface area contributed by atoms with Crippen LogP contribution in [0, 0.1) is 6.92 Å². The Bertz CT molecular complexity index is 1010. The molecule has 0 saturated carbocycles. The first kappa shape index (κ1) is 15.8. The number of thiazole rings is 1. The van der Waals surface area contributed by atoms with Gasteiger partial charge in [-0.2, -0.15) is 0 Å². The zero-order chi connectivity index (χ0) is 17.6. The normalized spacial score (nSPS) is 19.4. The number of nitrogens with zero attached hydrogens (tertiary/aromatic N) is 1. The van der Waals surface area contributed by atoms with Crippen molar-refractivity contribution in [3.8, 4) is 0 Å². The number of ether oxygens (including phenoxy) is 1. The maximum absolute atomic E-state index is 12.8. The third-order valence-corrected chi connectivity index (χ3v) is 5.25. The number of benzene rings is 2. The number of amides is 1. The number of aryl methyl sites for hydroxylation is 1. The predicted octanol–water partition coefficient (Wildman–Crippen LogP) is 3.72. The van der Waals surface area contributed by atoms with Gasteiger partial charge in [0.1, 0.15) is 0 Å². The monoisotopic (exact) mass is 352 g/mol. The van der Waals surface area contributed by atoms with Gasteiger partial charge < -0.3 is 10.1 Å². The molecule has 1 aliphatic rings. The second-order valence-electron chi connectivity index (χ2n) is 6.32. The summed E-state index contributed by atoms with van der Waals surface area (Å²) in [5.74, 6) is -0.802. The van der Waals surface area contributed by atoms with Crippen LogP contribution in [0.25, 0.3) is 10.2 Å². The fourth-order valence-electron chi connectivity index (χ4n) is 3.04. The Kier molecular flexibility index (Phi) is 3.58. The molecule has 1 aromatic heterocycles. The Morgan fingerprint density at radius 1 is 1.28 bits per heavy atom. The zero-order valence-corrected chi connectivity index (χ0v) is 14.6. The van der Waals surface area contributed by atoms with Crippen LogP contribution in [0.1, 0.15) is 27.9 Å². The summed E-state index contributed by atoms with van der Waals surface area (Å²) in [6, 6.07) is 12.8. The molecule has 5 nitrogen and oxygen atoms in total. The lowest BCUT2D eigenvalue weighted by Crippen LogP contribution is -2.48. The molecule has 0 fully saturated rings. The van der Waals surface area contributed by atoms with Crippen molar-refractivity contribution >= 4 is 39.1 Å². The van der Waals surface area contributed by atoms with Crippen molar-refractivity contribution in [2.75, 3.05) is 5.32 Å². The van der Waals surface area contributed by atoms with Gasteiger partial charge in [0.2, 0.25) is 0 Å². The van der Waals surface area contributed by atoms with E-state index in [1.165, 1.54) is 0 Å². The largest absolute Gasteiger partial charge is 0.445 e. The topological polar surface area (TPSA) is 68.3 Å². The summed E-state index contributed by atoms with van der Waals surface area (Å²) in [7, 11) is 0. The van der Waals surface area contributed by atoms with E-state index in [0.717, 1.165) is 20.8 Å². The molecule has 25 heavy (non-hydrogen) atoms. The number of aromatic nitrogens is 1. The number of hydrogen-bond donors (Lipinski definition) is 1. The van der Waals surface area contributed by atoms with Crippen LogP contribution >= 0.6 is 11.3 Å². The van der Waals surface area contributed by atoms with Crippen molar-refractivity contribution in [1.29, 1.82) is 0 Å². The van der Waals surface area contributed by atoms with E-state index >= 15 is 0 Å². The summed E-state index contributed by atoms with van der Waals surface area (Å²) in [4.78, 5) is 29.4. The quantitative estimate of drug-likeness (QED) is 0.714. The lowest BCUT2D eigenvalue weighted by Gasteiger charge is -2.33. The molecule has 0 saturated heterocycles. The van der Waals surface area contributed by atoms with E-state index in [1.807, 2.05) is 31.2 Å². The molecule has 0 spiro atoms. The van der Waals surface area contributed by atoms with E-state index in [1.54, 1.807) is 36.5 Å². The van der Waals surface area contributed by atoms with E-state index in [9.17, 15) is 9.59 Å². The van der Waals surface area contributed by atoms with Gasteiger partial charge in [-0.3, -0.25) is 4.79 Å². The number of cyclic esters (lactones) is 1. The number of rotatable bonds is 2. The predicted molar refractivity (Wildman–Crippen MR) is 97.0 cm³/mol. The van der Waals surface area contributed by atoms with Crippen LogP contribution in [0.4, 0.5) is 5.69 Å². The van der Waals surface area contributed by atoms with Crippen LogP contribution in [-0.4, -0.2) is 22.5 Å². The molecule has 1 aliphatic heterocycles. The molecule has 1 N–H and O–H groups in total. The average molecular weight is 352 g/mol. The van der Waals surface area contributed by atoms with Crippen molar-refractivity contribution in [2.24, 2.45) is 0 Å². The molecule has 3 aromatic rings. The maximum atomic E-state index is 12.8. The summed E-state index contributed by atoms with van der Waals surface area (Å²) in [5.41, 5.74) is 1.69. The maximum Gasteiger partial charge on any atom is 0.339 e. The molecule has 0 radical (unpaired) electrons. The highest BCUT2D eigenvalue weighted by Gasteiger charge is 2.42. The van der Waals surface area contributed by atoms with Crippen LogP contribution in [0.2, 0.25) is 0 Å². The van der Waals surface area contributed by atoms with Gasteiger partial charge in [-0.1, -0.05) is 18.2 Å². The summed E-state index contributed by atoms with van der Waals surface area (Å²) in [6.07, 6.45) is 0.350. The molecule has 4 rings (SSSR count). The van der Waals surface area contributed by atoms with Crippen LogP contribution in [0.15, 0.2) is 42.5 Å². The third kappa shape index (κ3) is 2.78. The Labute approximate surface area is 148 Å². The number of nitrogens with one attached hydrogen (secondary N) is 1. The fraction of sp³-hybridized carbons (Fsp3) is 0.211. The Hall–Kier alpha value is -2.73. The molecule has 2 aromatic carbocycles. The van der Waals surface area contributed by atoms with Gasteiger partial charge in [-0.25, -0.2) is 9.78 Å². The van der Waals surface area contributed by atoms with Gasteiger partial charge in [0, 0.05) is 12.1 Å². The first-order valence-corrected chi connectivity index (χ1v) is 8.76. The highest BCUT2D eigenvalue weighted by Crippen LogP contribution is 2.30. The molecule has 1 atom stereocenters. The van der Waals surface area contributed by atoms with Gasteiger partial charge in [-0.15, -0.1) is 11.3 Å². The zero-order valence-electron chi connectivity index (χ0n) is 13.8. The molecule has 1 amide bonds. The number of hydrogen-bond acceptors (Lipinski definition) is 5. The van der Waals surface area contributed by atoms with Crippen LogP contribution < -0.4 is 5.32 Å². The van der Waals surface area contributed by atoms with Gasteiger partial charge in [-0.05, 0) is 43.7 Å². The lowest BCUT2D eigenvalue weighted by atomic mass is 9.89. The highest BCUT2D eigenvalue weighted by molar-refractivity contribution is 7.18. The van der Waals surface area contributed by atoms with Gasteiger partial charge in [0.15, 0.2) is 5.60 Å². The fourth-order valence-corrected chi connectivity index (χ4v) is 3.91. The Morgan fingerprint density at radius 3 is 2.92 bits per heavy atom.